The van der Waals surface area contributed by atoms with Gasteiger partial charge >= 0.3 is 0 Å². The minimum Gasteiger partial charge on any atom is -0.333 e. The third kappa shape index (κ3) is 2.60. The molecule has 0 N–H and O–H groups in total. The fraction of sp³-hybridized carbons (Fsp3) is 0.286. The first-order valence-corrected chi connectivity index (χ1v) is 9.12. The zero-order valence-electron chi connectivity index (χ0n) is 14.5. The van der Waals surface area contributed by atoms with E-state index in [9.17, 15) is 4.79 Å². The first kappa shape index (κ1) is 15.3. The molecule has 2 atom stereocenters. The van der Waals surface area contributed by atoms with Gasteiger partial charge in [-0.25, -0.2) is 0 Å². The maximum atomic E-state index is 12.9. The number of benzene rings is 2. The highest BCUT2D eigenvalue weighted by atomic mass is 16.2. The zero-order valence-corrected chi connectivity index (χ0v) is 14.5. The quantitative estimate of drug-likeness (QED) is 0.734. The Morgan fingerprint density at radius 3 is 2.42 bits per heavy atom. The van der Waals surface area contributed by atoms with Gasteiger partial charge in [-0.05, 0) is 17.9 Å². The minimum atomic E-state index is 0.125. The van der Waals surface area contributed by atoms with Crippen LogP contribution in [0.4, 0.5) is 0 Å². The van der Waals surface area contributed by atoms with Crippen molar-refractivity contribution >= 4 is 5.91 Å². The minimum absolute atomic E-state index is 0.125. The molecule has 5 rings (SSSR count). The number of fused-ring (bicyclic) bond motifs is 1. The Kier molecular flexibility index (Phi) is 3.59. The summed E-state index contributed by atoms with van der Waals surface area (Å²) >= 11 is 0. The lowest BCUT2D eigenvalue weighted by atomic mass is 10.1. The molecule has 1 saturated carbocycles. The lowest BCUT2D eigenvalue weighted by Crippen LogP contribution is -2.39. The molecule has 1 aliphatic heterocycles. The summed E-state index contributed by atoms with van der Waals surface area (Å²) in [4.78, 5) is 14.8. The molecule has 130 valence electrons. The molecular formula is C21H20N4O. The van der Waals surface area contributed by atoms with Crippen LogP contribution >= 0.6 is 0 Å². The highest BCUT2D eigenvalue weighted by molar-refractivity contribution is 5.83. The van der Waals surface area contributed by atoms with E-state index in [0.29, 0.717) is 12.5 Å². The van der Waals surface area contributed by atoms with Crippen LogP contribution in [0.15, 0.2) is 60.7 Å². The smallest absolute Gasteiger partial charge is 0.226 e. The van der Waals surface area contributed by atoms with E-state index in [1.807, 2.05) is 53.4 Å². The molecule has 0 spiro atoms. The van der Waals surface area contributed by atoms with E-state index < -0.39 is 0 Å². The predicted molar refractivity (Wildman–Crippen MR) is 98.2 cm³/mol. The second kappa shape index (κ2) is 6.09. The summed E-state index contributed by atoms with van der Waals surface area (Å²) in [6.45, 7) is 2.03. The number of carbonyl (C=O) groups is 1. The van der Waals surface area contributed by atoms with Crippen molar-refractivity contribution in [2.75, 3.05) is 6.54 Å². The van der Waals surface area contributed by atoms with Crippen LogP contribution in [0.3, 0.4) is 0 Å². The van der Waals surface area contributed by atoms with Gasteiger partial charge in [-0.2, -0.15) is 0 Å². The number of rotatable bonds is 3. The van der Waals surface area contributed by atoms with E-state index in [1.54, 1.807) is 0 Å². The van der Waals surface area contributed by atoms with Crippen LogP contribution < -0.4 is 0 Å². The molecule has 5 heteroatoms. The van der Waals surface area contributed by atoms with E-state index in [-0.39, 0.29) is 11.8 Å². The normalized spacial score (nSPS) is 21.3. The molecule has 3 aromatic rings. The topological polar surface area (TPSA) is 51.0 Å². The summed E-state index contributed by atoms with van der Waals surface area (Å²) in [5.41, 5.74) is 2.34. The van der Waals surface area contributed by atoms with Gasteiger partial charge in [0, 0.05) is 24.6 Å². The van der Waals surface area contributed by atoms with Gasteiger partial charge in [-0.3, -0.25) is 4.79 Å². The van der Waals surface area contributed by atoms with Crippen LogP contribution in [-0.2, 0) is 17.9 Å². The molecule has 2 aliphatic rings. The molecule has 0 saturated heterocycles. The number of amides is 1. The van der Waals surface area contributed by atoms with Crippen molar-refractivity contribution < 1.29 is 4.79 Å². The van der Waals surface area contributed by atoms with Crippen molar-refractivity contribution in [3.8, 4) is 11.4 Å². The Balaban J connectivity index is 1.31. The Labute approximate surface area is 152 Å². The van der Waals surface area contributed by atoms with E-state index in [4.69, 9.17) is 0 Å². The summed E-state index contributed by atoms with van der Waals surface area (Å²) in [5.74, 6) is 2.53. The summed E-state index contributed by atoms with van der Waals surface area (Å²) < 4.78 is 2.14. The summed E-state index contributed by atoms with van der Waals surface area (Å²) in [5, 5.41) is 8.70. The maximum absolute atomic E-state index is 12.9. The zero-order chi connectivity index (χ0) is 17.5. The molecule has 26 heavy (non-hydrogen) atoms. The van der Waals surface area contributed by atoms with Crippen LogP contribution in [0.1, 0.15) is 23.7 Å². The lowest BCUT2D eigenvalue weighted by Gasteiger charge is -2.28. The van der Waals surface area contributed by atoms with Gasteiger partial charge in [0.1, 0.15) is 0 Å². The second-order valence-corrected chi connectivity index (χ2v) is 7.08. The average molecular weight is 344 g/mol. The molecule has 5 nitrogen and oxygen atoms in total. The van der Waals surface area contributed by atoms with Crippen LogP contribution in [-0.4, -0.2) is 32.1 Å². The van der Waals surface area contributed by atoms with Crippen LogP contribution in [0.5, 0.6) is 0 Å². The van der Waals surface area contributed by atoms with Crippen molar-refractivity contribution in [3.63, 3.8) is 0 Å². The highest BCUT2D eigenvalue weighted by Crippen LogP contribution is 2.48. The molecule has 1 aliphatic carbocycles. The number of hydrogen-bond donors (Lipinski definition) is 0. The van der Waals surface area contributed by atoms with Gasteiger partial charge in [0.05, 0.1) is 6.54 Å². The number of carbonyl (C=O) groups excluding carboxylic acids is 1. The van der Waals surface area contributed by atoms with E-state index >= 15 is 0 Å². The van der Waals surface area contributed by atoms with Gasteiger partial charge in [0.15, 0.2) is 11.6 Å². The molecule has 2 aromatic carbocycles. The van der Waals surface area contributed by atoms with Crippen molar-refractivity contribution in [3.05, 3.63) is 72.1 Å². The van der Waals surface area contributed by atoms with Gasteiger partial charge in [-0.15, -0.1) is 10.2 Å². The van der Waals surface area contributed by atoms with Crippen molar-refractivity contribution in [2.24, 2.45) is 5.92 Å². The first-order valence-electron chi connectivity index (χ1n) is 9.12. The van der Waals surface area contributed by atoms with Gasteiger partial charge in [0.25, 0.3) is 0 Å². The van der Waals surface area contributed by atoms with E-state index in [2.05, 4.69) is 26.9 Å². The molecule has 1 fully saturated rings. The number of aromatic nitrogens is 3. The fourth-order valence-electron chi connectivity index (χ4n) is 3.92. The average Bonchev–Trinajstić information content (AvgIpc) is 3.40. The molecule has 2 heterocycles. The Hall–Kier alpha value is -2.95. The summed E-state index contributed by atoms with van der Waals surface area (Å²) in [6, 6.07) is 20.5. The second-order valence-electron chi connectivity index (χ2n) is 7.08. The SMILES string of the molecule is O=C([C@@H]1C[C@H]1c1ccccc1)N1CCn2c(nnc2-c2ccccc2)C1. The van der Waals surface area contributed by atoms with Crippen molar-refractivity contribution in [1.29, 1.82) is 0 Å². The van der Waals surface area contributed by atoms with Crippen molar-refractivity contribution in [2.45, 2.75) is 25.4 Å². The van der Waals surface area contributed by atoms with Crippen LogP contribution in [0, 0.1) is 5.92 Å². The molecule has 1 aromatic heterocycles. The van der Waals surface area contributed by atoms with E-state index in [1.165, 1.54) is 5.56 Å². The van der Waals surface area contributed by atoms with Crippen molar-refractivity contribution in [1.82, 2.24) is 19.7 Å². The largest absolute Gasteiger partial charge is 0.333 e. The molecular weight excluding hydrogens is 324 g/mol. The van der Waals surface area contributed by atoms with Gasteiger partial charge in [-0.1, -0.05) is 60.7 Å². The Morgan fingerprint density at radius 1 is 0.923 bits per heavy atom. The number of nitrogens with zero attached hydrogens (tertiary/aromatic N) is 4. The van der Waals surface area contributed by atoms with E-state index in [0.717, 1.165) is 36.7 Å². The summed E-state index contributed by atoms with van der Waals surface area (Å²) in [6.07, 6.45) is 0.960. The predicted octanol–water partition coefficient (Wildman–Crippen LogP) is 3.09. The third-order valence-electron chi connectivity index (χ3n) is 5.43. The van der Waals surface area contributed by atoms with Gasteiger partial charge in [0.2, 0.25) is 5.91 Å². The molecule has 1 amide bonds. The maximum Gasteiger partial charge on any atom is 0.226 e. The Bertz CT molecular complexity index is 935. The molecule has 0 radical (unpaired) electrons. The van der Waals surface area contributed by atoms with Crippen LogP contribution in [0.2, 0.25) is 0 Å². The number of hydrogen-bond acceptors (Lipinski definition) is 3. The lowest BCUT2D eigenvalue weighted by molar-refractivity contribution is -0.134. The van der Waals surface area contributed by atoms with Gasteiger partial charge < -0.3 is 9.47 Å². The first-order chi connectivity index (χ1) is 12.8. The molecule has 0 unspecified atom stereocenters. The fourth-order valence-corrected chi connectivity index (χ4v) is 3.92. The highest BCUT2D eigenvalue weighted by Gasteiger charge is 2.46. The Morgan fingerprint density at radius 2 is 1.65 bits per heavy atom. The molecule has 0 bridgehead atoms. The van der Waals surface area contributed by atoms with Crippen LogP contribution in [0.25, 0.3) is 11.4 Å². The third-order valence-corrected chi connectivity index (χ3v) is 5.43. The monoisotopic (exact) mass is 344 g/mol. The summed E-state index contributed by atoms with van der Waals surface area (Å²) in [7, 11) is 0. The standard InChI is InChI=1S/C21H20N4O/c26-21(18-13-17(18)15-7-3-1-4-8-15)24-11-12-25-19(14-24)22-23-20(25)16-9-5-2-6-10-16/h1-10,17-18H,11-14H2/t17-,18+/m0/s1.